The van der Waals surface area contributed by atoms with E-state index in [1.807, 2.05) is 0 Å². The van der Waals surface area contributed by atoms with Gasteiger partial charge in [0.15, 0.2) is 52.2 Å². The van der Waals surface area contributed by atoms with Gasteiger partial charge in [0.25, 0.3) is 0 Å². The number of ether oxygens (including phenoxy) is 3. The van der Waals surface area contributed by atoms with E-state index in [0.29, 0.717) is 0 Å². The maximum Gasteiger partial charge on any atom is 3.00 e. The SMILES string of the molecule is C.C=CCOc1c(F)c(F)c(C(=C2C=CC=N2)c2ccc[n-]2)c(F)c1F.C=CCOc1c(F)c(F)c(C(=C2C=CC=N2)c2ccc[n-]2)c(F)c1F.C=CCOc1c(F)c(F)c(C(=C2C=CC=N2)c2ccc[n-]2)c(F)c1F.[Fe+3]. The molecular formula is C55H37F12FeN6O3. The molecule has 0 aliphatic carbocycles. The predicted molar refractivity (Wildman–Crippen MR) is 263 cm³/mol. The second kappa shape index (κ2) is 26.6. The maximum absolute atomic E-state index is 14.6. The van der Waals surface area contributed by atoms with Crippen LogP contribution in [0.3, 0.4) is 0 Å². The van der Waals surface area contributed by atoms with Crippen molar-refractivity contribution >= 4 is 35.4 Å². The molecule has 0 fully saturated rings. The van der Waals surface area contributed by atoms with Crippen LogP contribution < -0.4 is 29.2 Å². The van der Waals surface area contributed by atoms with Crippen LogP contribution in [0.25, 0.3) is 16.7 Å². The number of benzene rings is 3. The largest absolute Gasteiger partial charge is 3.00 e. The average molecular weight is 1110 g/mol. The molecule has 0 spiro atoms. The van der Waals surface area contributed by atoms with E-state index in [0.717, 1.165) is 0 Å². The topological polar surface area (TPSA) is 107 Å². The zero-order valence-corrected chi connectivity index (χ0v) is 39.8. The van der Waals surface area contributed by atoms with Gasteiger partial charge in [-0.2, -0.15) is 44.9 Å². The van der Waals surface area contributed by atoms with Crippen molar-refractivity contribution in [1.29, 1.82) is 0 Å². The minimum absolute atomic E-state index is 0. The number of aromatic nitrogens is 3. The van der Waals surface area contributed by atoms with Gasteiger partial charge < -0.3 is 29.2 Å². The fourth-order valence-corrected chi connectivity index (χ4v) is 7.15. The van der Waals surface area contributed by atoms with Gasteiger partial charge in [0, 0.05) is 18.6 Å². The Balaban J connectivity index is 0.000000210. The summed E-state index contributed by atoms with van der Waals surface area (Å²) in [5, 5.41) is 0. The molecule has 1 radical (unpaired) electrons. The summed E-state index contributed by atoms with van der Waals surface area (Å²) in [4.78, 5) is 23.8. The molecule has 77 heavy (non-hydrogen) atoms. The molecule has 3 aliphatic heterocycles. The van der Waals surface area contributed by atoms with Gasteiger partial charge in [-0.3, -0.25) is 15.0 Å². The molecule has 0 N–H and O–H groups in total. The quantitative estimate of drug-likeness (QED) is 0.0439. The van der Waals surface area contributed by atoms with Crippen LogP contribution in [-0.2, 0) is 17.1 Å². The normalized spacial score (nSPS) is 14.5. The van der Waals surface area contributed by atoms with E-state index in [9.17, 15) is 52.7 Å². The maximum atomic E-state index is 14.6. The smallest absolute Gasteiger partial charge is 0.664 e. The van der Waals surface area contributed by atoms with Crippen LogP contribution in [0.2, 0.25) is 0 Å². The van der Waals surface area contributed by atoms with E-state index < -0.39 is 104 Å². The third-order valence-corrected chi connectivity index (χ3v) is 10.3. The minimum Gasteiger partial charge on any atom is -0.664 e. The van der Waals surface area contributed by atoms with Gasteiger partial charge >= 0.3 is 17.1 Å². The number of nitrogens with zero attached hydrogens (tertiary/aromatic N) is 6. The molecule has 3 aliphatic rings. The Bertz CT molecular complexity index is 2970. The molecule has 0 saturated heterocycles. The van der Waals surface area contributed by atoms with Crippen LogP contribution in [0.5, 0.6) is 17.2 Å². The molecule has 397 valence electrons. The Morgan fingerprint density at radius 3 is 0.805 bits per heavy atom. The second-order valence-corrected chi connectivity index (χ2v) is 14.9. The molecule has 0 unspecified atom stereocenters. The fraction of sp³-hybridized carbons (Fsp3) is 0.0727. The van der Waals surface area contributed by atoms with Gasteiger partial charge in [0.05, 0.1) is 33.8 Å². The Labute approximate surface area is 442 Å². The first-order valence-electron chi connectivity index (χ1n) is 21.6. The number of halogens is 12. The zero-order chi connectivity index (χ0) is 53.9. The monoisotopic (exact) mass is 1110 g/mol. The van der Waals surface area contributed by atoms with E-state index in [-0.39, 0.29) is 95.2 Å². The number of allylic oxidation sites excluding steroid dienone is 6. The minimum atomic E-state index is -1.63. The Morgan fingerprint density at radius 1 is 0.403 bits per heavy atom. The summed E-state index contributed by atoms with van der Waals surface area (Å²) in [6.07, 6.45) is 20.9. The number of hydrogen-bond acceptors (Lipinski definition) is 6. The molecule has 0 bridgehead atoms. The average Bonchev–Trinajstić information content (AvgIpc) is 4.27. The molecule has 22 heteroatoms. The number of hydrogen-bond donors (Lipinski definition) is 0. The van der Waals surface area contributed by atoms with Crippen molar-refractivity contribution in [2.45, 2.75) is 7.43 Å². The van der Waals surface area contributed by atoms with Gasteiger partial charge in [-0.05, 0) is 53.2 Å². The Kier molecular flexibility index (Phi) is 20.5. The summed E-state index contributed by atoms with van der Waals surface area (Å²) in [6.45, 7) is 9.02. The molecular weight excluding hydrogens is 1080 g/mol. The van der Waals surface area contributed by atoms with Crippen molar-refractivity contribution in [2.24, 2.45) is 15.0 Å². The van der Waals surface area contributed by atoms with Gasteiger partial charge in [0.2, 0.25) is 34.9 Å². The van der Waals surface area contributed by atoms with E-state index in [2.05, 4.69) is 49.7 Å². The van der Waals surface area contributed by atoms with Gasteiger partial charge in [0.1, 0.15) is 19.8 Å². The molecule has 3 aromatic heterocycles. The summed E-state index contributed by atoms with van der Waals surface area (Å²) >= 11 is 0. The summed E-state index contributed by atoms with van der Waals surface area (Å²) < 4.78 is 187. The second-order valence-electron chi connectivity index (χ2n) is 14.9. The molecule has 9 nitrogen and oxygen atoms in total. The molecule has 0 amide bonds. The first kappa shape index (κ1) is 59.1. The molecule has 3 aromatic carbocycles. The molecule has 0 atom stereocenters. The van der Waals surface area contributed by atoms with Crippen LogP contribution in [0.4, 0.5) is 52.7 Å². The van der Waals surface area contributed by atoms with Crippen LogP contribution in [0.1, 0.15) is 41.2 Å². The fourth-order valence-electron chi connectivity index (χ4n) is 7.15. The van der Waals surface area contributed by atoms with E-state index in [1.54, 1.807) is 0 Å². The molecule has 0 saturated carbocycles. The Morgan fingerprint density at radius 2 is 0.636 bits per heavy atom. The summed E-state index contributed by atoms with van der Waals surface area (Å²) in [5.74, 6) is -22.7. The van der Waals surface area contributed by atoms with Crippen molar-refractivity contribution < 1.29 is 84.0 Å². The van der Waals surface area contributed by atoms with Crippen LogP contribution in [0.15, 0.2) is 161 Å². The van der Waals surface area contributed by atoms with Gasteiger partial charge in [-0.15, -0.1) is 17.1 Å². The van der Waals surface area contributed by atoms with Crippen molar-refractivity contribution in [3.63, 3.8) is 0 Å². The van der Waals surface area contributed by atoms with Gasteiger partial charge in [-0.1, -0.05) is 81.8 Å². The number of rotatable bonds is 15. The van der Waals surface area contributed by atoms with E-state index in [4.69, 9.17) is 14.2 Å². The summed E-state index contributed by atoms with van der Waals surface area (Å²) in [6, 6.07) is 8.97. The van der Waals surface area contributed by atoms with Crippen molar-refractivity contribution in [3.8, 4) is 17.2 Å². The zero-order valence-electron chi connectivity index (χ0n) is 38.7. The van der Waals surface area contributed by atoms with Crippen LogP contribution >= 0.6 is 0 Å². The Hall–Kier alpha value is -8.75. The van der Waals surface area contributed by atoms with Crippen LogP contribution in [-0.4, -0.2) is 38.5 Å². The molecule has 9 rings (SSSR count). The molecule has 6 aromatic rings. The van der Waals surface area contributed by atoms with Crippen molar-refractivity contribution in [1.82, 2.24) is 15.0 Å². The number of aliphatic imine (C=N–C) groups is 3. The third-order valence-electron chi connectivity index (χ3n) is 10.3. The van der Waals surface area contributed by atoms with Crippen molar-refractivity contribution in [2.75, 3.05) is 19.8 Å². The van der Waals surface area contributed by atoms with E-state index in [1.165, 1.54) is 128 Å². The van der Waals surface area contributed by atoms with Crippen LogP contribution in [0, 0.1) is 69.8 Å². The molecule has 6 heterocycles. The first-order chi connectivity index (χ1) is 36.2. The van der Waals surface area contributed by atoms with Gasteiger partial charge in [-0.25, -0.2) is 26.3 Å². The summed E-state index contributed by atoms with van der Waals surface area (Å²) in [5.41, 5.74) is -2.33. The first-order valence-corrected chi connectivity index (χ1v) is 21.6. The van der Waals surface area contributed by atoms with E-state index >= 15 is 0 Å². The predicted octanol–water partition coefficient (Wildman–Crippen LogP) is 13.1. The third kappa shape index (κ3) is 12.2. The van der Waals surface area contributed by atoms with Crippen molar-refractivity contribution in [3.05, 3.63) is 250 Å². The summed E-state index contributed by atoms with van der Waals surface area (Å²) in [7, 11) is 0. The standard InChI is InChI=1S/3C18H11F4N2O.CH4.Fe/c3*1-2-9-25-18-16(21)14(19)13(15(20)17(18)22)12(10-5-3-7-23-10)11-6-4-8-24-11;;/h3*2-8H,1,9H2;1H4;/q3*-1;;+3.